The van der Waals surface area contributed by atoms with Gasteiger partial charge in [0, 0.05) is 6.42 Å². The van der Waals surface area contributed by atoms with E-state index in [0.29, 0.717) is 11.1 Å². The highest BCUT2D eigenvalue weighted by atomic mass is 19.4. The maximum Gasteiger partial charge on any atom is 0.416 e. The molecule has 0 spiro atoms. The Morgan fingerprint density at radius 3 is 1.84 bits per heavy atom. The van der Waals surface area contributed by atoms with Crippen molar-refractivity contribution >= 4 is 11.9 Å². The van der Waals surface area contributed by atoms with E-state index in [1.54, 1.807) is 48.5 Å². The number of rotatable bonds is 7. The van der Waals surface area contributed by atoms with Crippen molar-refractivity contribution in [3.63, 3.8) is 0 Å². The average molecular weight is 441 g/mol. The second-order valence-corrected chi connectivity index (χ2v) is 7.20. The number of carbonyl (C=O) groups excluding carboxylic acids is 2. The van der Waals surface area contributed by atoms with Crippen LogP contribution in [0.3, 0.4) is 0 Å². The van der Waals surface area contributed by atoms with Crippen molar-refractivity contribution in [2.24, 2.45) is 0 Å². The van der Waals surface area contributed by atoms with E-state index >= 15 is 0 Å². The molecule has 0 aromatic heterocycles. The molecule has 0 saturated carbocycles. The molecule has 1 N–H and O–H groups in total. The van der Waals surface area contributed by atoms with E-state index in [2.05, 4.69) is 5.32 Å². The van der Waals surface area contributed by atoms with Crippen LogP contribution in [0, 0.1) is 0 Å². The van der Waals surface area contributed by atoms with Crippen molar-refractivity contribution in [3.05, 3.63) is 107 Å². The number of hydrogen-bond donors (Lipinski definition) is 1. The van der Waals surface area contributed by atoms with Crippen molar-refractivity contribution in [1.29, 1.82) is 0 Å². The summed E-state index contributed by atoms with van der Waals surface area (Å²) >= 11 is 0. The topological polar surface area (TPSA) is 55.4 Å². The lowest BCUT2D eigenvalue weighted by Gasteiger charge is -2.23. The summed E-state index contributed by atoms with van der Waals surface area (Å²) in [4.78, 5) is 25.7. The number of carbonyl (C=O) groups is 2. The number of nitrogens with one attached hydrogen (secondary N) is 1. The normalized spacial score (nSPS) is 12.3. The minimum Gasteiger partial charge on any atom is -0.467 e. The molecular formula is C25H22F3NO3. The van der Waals surface area contributed by atoms with Gasteiger partial charge in [-0.15, -0.1) is 0 Å². The third-order valence-corrected chi connectivity index (χ3v) is 5.08. The SMILES string of the molecule is COC(=O)[C@@H](Cc1ccccc1C(F)(F)F)NC(=O)C(c1ccccc1)c1ccccc1. The van der Waals surface area contributed by atoms with Gasteiger partial charge in [-0.25, -0.2) is 4.79 Å². The van der Waals surface area contributed by atoms with Crippen LogP contribution >= 0.6 is 0 Å². The first-order valence-electron chi connectivity index (χ1n) is 9.94. The molecule has 3 aromatic rings. The molecule has 1 amide bonds. The van der Waals surface area contributed by atoms with Gasteiger partial charge in [0.05, 0.1) is 18.6 Å². The Hall–Kier alpha value is -3.61. The zero-order valence-electron chi connectivity index (χ0n) is 17.3. The van der Waals surface area contributed by atoms with Crippen LogP contribution in [0.15, 0.2) is 84.9 Å². The van der Waals surface area contributed by atoms with Crippen LogP contribution in [0.2, 0.25) is 0 Å². The van der Waals surface area contributed by atoms with Crippen molar-refractivity contribution in [2.75, 3.05) is 7.11 Å². The van der Waals surface area contributed by atoms with E-state index in [-0.39, 0.29) is 12.0 Å². The molecule has 0 aliphatic carbocycles. The third-order valence-electron chi connectivity index (χ3n) is 5.08. The molecule has 0 aliphatic rings. The second-order valence-electron chi connectivity index (χ2n) is 7.20. The summed E-state index contributed by atoms with van der Waals surface area (Å²) in [7, 11) is 1.13. The molecule has 0 unspecified atom stereocenters. The van der Waals surface area contributed by atoms with Crippen LogP contribution < -0.4 is 5.32 Å². The first-order chi connectivity index (χ1) is 15.3. The zero-order valence-corrected chi connectivity index (χ0v) is 17.3. The predicted molar refractivity (Wildman–Crippen MR) is 114 cm³/mol. The Labute approximate surface area is 184 Å². The van der Waals surface area contributed by atoms with Crippen LogP contribution in [0.5, 0.6) is 0 Å². The van der Waals surface area contributed by atoms with E-state index in [4.69, 9.17) is 4.74 Å². The number of esters is 1. The Balaban J connectivity index is 1.93. The van der Waals surface area contributed by atoms with Gasteiger partial charge in [0.1, 0.15) is 6.04 Å². The smallest absolute Gasteiger partial charge is 0.416 e. The van der Waals surface area contributed by atoms with Crippen molar-refractivity contribution in [1.82, 2.24) is 5.32 Å². The van der Waals surface area contributed by atoms with E-state index in [1.165, 1.54) is 18.2 Å². The molecule has 0 bridgehead atoms. The summed E-state index contributed by atoms with van der Waals surface area (Å²) < 4.78 is 45.0. The van der Waals surface area contributed by atoms with E-state index in [1.807, 2.05) is 12.1 Å². The molecule has 0 heterocycles. The summed E-state index contributed by atoms with van der Waals surface area (Å²) in [5, 5.41) is 2.61. The van der Waals surface area contributed by atoms with Gasteiger partial charge in [0.25, 0.3) is 0 Å². The summed E-state index contributed by atoms with van der Waals surface area (Å²) in [6.45, 7) is 0. The summed E-state index contributed by atoms with van der Waals surface area (Å²) in [5.74, 6) is -2.08. The van der Waals surface area contributed by atoms with Gasteiger partial charge in [-0.3, -0.25) is 4.79 Å². The van der Waals surface area contributed by atoms with E-state index in [9.17, 15) is 22.8 Å². The van der Waals surface area contributed by atoms with E-state index in [0.717, 1.165) is 13.2 Å². The molecule has 0 aliphatic heterocycles. The van der Waals surface area contributed by atoms with Gasteiger partial charge >= 0.3 is 12.1 Å². The Morgan fingerprint density at radius 1 is 0.844 bits per heavy atom. The van der Waals surface area contributed by atoms with Crippen LogP contribution in [0.25, 0.3) is 0 Å². The molecule has 0 saturated heterocycles. The van der Waals surface area contributed by atoms with Gasteiger partial charge in [-0.2, -0.15) is 13.2 Å². The van der Waals surface area contributed by atoms with Gasteiger partial charge in [-0.05, 0) is 22.8 Å². The zero-order chi connectivity index (χ0) is 23.1. The highest BCUT2D eigenvalue weighted by molar-refractivity contribution is 5.91. The van der Waals surface area contributed by atoms with Crippen LogP contribution in [-0.4, -0.2) is 25.0 Å². The molecule has 7 heteroatoms. The largest absolute Gasteiger partial charge is 0.467 e. The molecule has 166 valence electrons. The van der Waals surface area contributed by atoms with Crippen LogP contribution in [-0.2, 0) is 26.9 Å². The Kier molecular flexibility index (Phi) is 7.30. The average Bonchev–Trinajstić information content (AvgIpc) is 2.79. The number of ether oxygens (including phenoxy) is 1. The van der Waals surface area contributed by atoms with Gasteiger partial charge in [0.15, 0.2) is 0 Å². The Bertz CT molecular complexity index is 1010. The minimum atomic E-state index is -4.59. The standard InChI is InChI=1S/C25H22F3NO3/c1-32-24(31)21(16-19-14-8-9-15-20(19)25(26,27)28)29-23(30)22(17-10-4-2-5-11-17)18-12-6-3-7-13-18/h2-15,21-22H,16H2,1H3,(H,29,30)/t21-/m1/s1. The lowest BCUT2D eigenvalue weighted by molar-refractivity contribution is -0.145. The molecular weight excluding hydrogens is 419 g/mol. The highest BCUT2D eigenvalue weighted by Crippen LogP contribution is 2.32. The number of hydrogen-bond acceptors (Lipinski definition) is 3. The number of benzene rings is 3. The van der Waals surface area contributed by atoms with E-state index < -0.39 is 35.6 Å². The molecule has 0 radical (unpaired) electrons. The van der Waals surface area contributed by atoms with Gasteiger partial charge in [-0.1, -0.05) is 78.9 Å². The second kappa shape index (κ2) is 10.1. The summed E-state index contributed by atoms with van der Waals surface area (Å²) in [6.07, 6.45) is -4.94. The van der Waals surface area contributed by atoms with Gasteiger partial charge in [0.2, 0.25) is 5.91 Å². The fourth-order valence-electron chi connectivity index (χ4n) is 3.57. The molecule has 4 nitrogen and oxygen atoms in total. The highest BCUT2D eigenvalue weighted by Gasteiger charge is 2.35. The van der Waals surface area contributed by atoms with Crippen LogP contribution in [0.4, 0.5) is 13.2 Å². The fraction of sp³-hybridized carbons (Fsp3) is 0.200. The maximum atomic E-state index is 13.4. The fourth-order valence-corrected chi connectivity index (χ4v) is 3.57. The molecule has 3 rings (SSSR count). The molecule has 1 atom stereocenters. The Morgan fingerprint density at radius 2 is 1.34 bits per heavy atom. The van der Waals surface area contributed by atoms with Crippen molar-refractivity contribution in [3.8, 4) is 0 Å². The van der Waals surface area contributed by atoms with Gasteiger partial charge < -0.3 is 10.1 Å². The number of halogens is 3. The molecule has 32 heavy (non-hydrogen) atoms. The minimum absolute atomic E-state index is 0.105. The third kappa shape index (κ3) is 5.55. The maximum absolute atomic E-state index is 13.4. The summed E-state index contributed by atoms with van der Waals surface area (Å²) in [5.41, 5.74) is 0.420. The number of alkyl halides is 3. The predicted octanol–water partition coefficient (Wildman–Crippen LogP) is 4.74. The monoisotopic (exact) mass is 441 g/mol. The van der Waals surface area contributed by atoms with Crippen LogP contribution in [0.1, 0.15) is 28.2 Å². The number of methoxy groups -OCH3 is 1. The first-order valence-corrected chi connectivity index (χ1v) is 9.94. The number of amides is 1. The lowest BCUT2D eigenvalue weighted by Crippen LogP contribution is -2.45. The molecule has 0 fully saturated rings. The van der Waals surface area contributed by atoms with Crippen molar-refractivity contribution < 1.29 is 27.5 Å². The first kappa shape index (κ1) is 23.1. The van der Waals surface area contributed by atoms with Crippen molar-refractivity contribution in [2.45, 2.75) is 24.6 Å². The lowest BCUT2D eigenvalue weighted by atomic mass is 9.90. The summed E-state index contributed by atoms with van der Waals surface area (Å²) in [6, 6.07) is 21.6. The molecule has 3 aromatic carbocycles. The quantitative estimate of drug-likeness (QED) is 0.539.